The number of allylic oxidation sites excluding steroid dienone is 1. The van der Waals surface area contributed by atoms with E-state index in [1.807, 2.05) is 41.4 Å². The number of anilines is 1. The van der Waals surface area contributed by atoms with E-state index in [0.717, 1.165) is 11.3 Å². The molecule has 28 heavy (non-hydrogen) atoms. The summed E-state index contributed by atoms with van der Waals surface area (Å²) in [6.45, 7) is 2.46. The normalized spacial score (nSPS) is 14.5. The Hall–Kier alpha value is -3.25. The van der Waals surface area contributed by atoms with Crippen LogP contribution in [0.15, 0.2) is 67.0 Å². The van der Waals surface area contributed by atoms with E-state index in [4.69, 9.17) is 4.74 Å². The molecule has 5 nitrogen and oxygen atoms in total. The maximum absolute atomic E-state index is 14.5. The molecule has 0 unspecified atom stereocenters. The van der Waals surface area contributed by atoms with Crippen LogP contribution in [0.1, 0.15) is 15.9 Å². The maximum atomic E-state index is 14.5. The summed E-state index contributed by atoms with van der Waals surface area (Å²) < 4.78 is 21.5. The van der Waals surface area contributed by atoms with Gasteiger partial charge >= 0.3 is 0 Å². The minimum Gasteiger partial charge on any atom is -0.378 e. The second-order valence-corrected chi connectivity index (χ2v) is 6.52. The van der Waals surface area contributed by atoms with Crippen molar-refractivity contribution in [2.45, 2.75) is 0 Å². The van der Waals surface area contributed by atoms with Crippen LogP contribution in [0.25, 0.3) is 11.8 Å². The number of carbonyl (C=O) groups is 1. The number of benzene rings is 2. The first-order chi connectivity index (χ1) is 13.7. The van der Waals surface area contributed by atoms with E-state index in [2.05, 4.69) is 5.10 Å². The van der Waals surface area contributed by atoms with E-state index >= 15 is 0 Å². The molecule has 6 heteroatoms. The lowest BCUT2D eigenvalue weighted by Gasteiger charge is -2.29. The Morgan fingerprint density at radius 1 is 1.11 bits per heavy atom. The highest BCUT2D eigenvalue weighted by Crippen LogP contribution is 2.22. The lowest BCUT2D eigenvalue weighted by atomic mass is 10.1. The summed E-state index contributed by atoms with van der Waals surface area (Å²) in [5.74, 6) is -0.641. The fourth-order valence-corrected chi connectivity index (χ4v) is 3.13. The van der Waals surface area contributed by atoms with Crippen LogP contribution in [0.5, 0.6) is 0 Å². The molecule has 1 aliphatic heterocycles. The predicted molar refractivity (Wildman–Crippen MR) is 106 cm³/mol. The summed E-state index contributed by atoms with van der Waals surface area (Å²) in [5.41, 5.74) is 2.56. The molecule has 0 amide bonds. The molecule has 4 rings (SSSR count). The molecule has 1 saturated heterocycles. The molecule has 2 aromatic carbocycles. The van der Waals surface area contributed by atoms with Crippen molar-refractivity contribution in [3.05, 3.63) is 83.9 Å². The number of ketones is 1. The number of aromatic nitrogens is 2. The van der Waals surface area contributed by atoms with Gasteiger partial charge in [-0.25, -0.2) is 9.07 Å². The molecule has 0 saturated carbocycles. The molecule has 0 aliphatic carbocycles. The second kappa shape index (κ2) is 8.19. The van der Waals surface area contributed by atoms with Crippen molar-refractivity contribution < 1.29 is 13.9 Å². The molecule has 0 N–H and O–H groups in total. The minimum atomic E-state index is -0.391. The van der Waals surface area contributed by atoms with Gasteiger partial charge in [0.15, 0.2) is 5.78 Å². The number of hydrogen-bond donors (Lipinski definition) is 0. The van der Waals surface area contributed by atoms with Crippen molar-refractivity contribution in [3.63, 3.8) is 0 Å². The quantitative estimate of drug-likeness (QED) is 0.502. The van der Waals surface area contributed by atoms with Gasteiger partial charge in [0, 0.05) is 30.4 Å². The largest absolute Gasteiger partial charge is 0.378 e. The molecule has 0 bridgehead atoms. The van der Waals surface area contributed by atoms with Crippen molar-refractivity contribution in [3.8, 4) is 5.69 Å². The highest BCUT2D eigenvalue weighted by Gasteiger charge is 2.16. The first-order valence-corrected chi connectivity index (χ1v) is 9.15. The van der Waals surface area contributed by atoms with Crippen molar-refractivity contribution in [1.82, 2.24) is 9.78 Å². The van der Waals surface area contributed by atoms with E-state index in [0.29, 0.717) is 37.6 Å². The second-order valence-electron chi connectivity index (χ2n) is 6.52. The molecule has 2 heterocycles. The highest BCUT2D eigenvalue weighted by molar-refractivity contribution is 6.07. The van der Waals surface area contributed by atoms with Crippen LogP contribution in [0, 0.1) is 5.82 Å². The Morgan fingerprint density at radius 2 is 1.89 bits per heavy atom. The number of morpholine rings is 1. The molecule has 0 atom stereocenters. The van der Waals surface area contributed by atoms with Gasteiger partial charge in [-0.3, -0.25) is 4.79 Å². The van der Waals surface area contributed by atoms with Gasteiger partial charge in [-0.2, -0.15) is 5.10 Å². The molecule has 0 radical (unpaired) electrons. The van der Waals surface area contributed by atoms with Gasteiger partial charge in [0.25, 0.3) is 0 Å². The summed E-state index contributed by atoms with van der Waals surface area (Å²) in [5, 5.41) is 4.29. The molecule has 142 valence electrons. The number of ether oxygens (including phenoxy) is 1. The Balaban J connectivity index is 1.46. The maximum Gasteiger partial charge on any atom is 0.185 e. The zero-order valence-corrected chi connectivity index (χ0v) is 15.3. The van der Waals surface area contributed by atoms with Crippen molar-refractivity contribution >= 4 is 17.5 Å². The Kier molecular flexibility index (Phi) is 5.30. The molecule has 3 aromatic rings. The third-order valence-electron chi connectivity index (χ3n) is 4.63. The third kappa shape index (κ3) is 4.02. The Labute approximate surface area is 162 Å². The van der Waals surface area contributed by atoms with Gasteiger partial charge in [-0.15, -0.1) is 0 Å². The van der Waals surface area contributed by atoms with E-state index < -0.39 is 5.82 Å². The summed E-state index contributed by atoms with van der Waals surface area (Å²) in [4.78, 5) is 14.4. The van der Waals surface area contributed by atoms with Crippen LogP contribution in [-0.2, 0) is 4.74 Å². The average molecular weight is 377 g/mol. The number of hydrogen-bond acceptors (Lipinski definition) is 4. The minimum absolute atomic E-state index is 0.250. The SMILES string of the molecule is O=C(/C=C/c1cnn(-c2ccccc2)c1)c1ccc(N2CCOCC2)c(F)c1. The number of rotatable bonds is 5. The van der Waals surface area contributed by atoms with Crippen LogP contribution in [0.4, 0.5) is 10.1 Å². The first-order valence-electron chi connectivity index (χ1n) is 9.15. The summed E-state index contributed by atoms with van der Waals surface area (Å²) in [6.07, 6.45) is 6.64. The molecule has 1 aliphatic rings. The van der Waals surface area contributed by atoms with E-state index in [1.165, 1.54) is 12.1 Å². The van der Waals surface area contributed by atoms with Crippen LogP contribution < -0.4 is 4.90 Å². The predicted octanol–water partition coefficient (Wildman–Crippen LogP) is 3.74. The molecular weight excluding hydrogens is 357 g/mol. The molecule has 1 aromatic heterocycles. The highest BCUT2D eigenvalue weighted by atomic mass is 19.1. The summed E-state index contributed by atoms with van der Waals surface area (Å²) >= 11 is 0. The fourth-order valence-electron chi connectivity index (χ4n) is 3.13. The summed E-state index contributed by atoms with van der Waals surface area (Å²) in [6, 6.07) is 14.3. The lowest BCUT2D eigenvalue weighted by Crippen LogP contribution is -2.36. The van der Waals surface area contributed by atoms with Gasteiger partial charge in [0.2, 0.25) is 0 Å². The van der Waals surface area contributed by atoms with Gasteiger partial charge < -0.3 is 9.64 Å². The topological polar surface area (TPSA) is 47.4 Å². The Bertz CT molecular complexity index is 992. The fraction of sp³-hybridized carbons (Fsp3) is 0.182. The van der Waals surface area contributed by atoms with Gasteiger partial charge in [-0.05, 0) is 42.5 Å². The Morgan fingerprint density at radius 3 is 2.64 bits per heavy atom. The monoisotopic (exact) mass is 377 g/mol. The standard InChI is InChI=1S/C22H20FN3O2/c23-20-14-18(7-8-21(20)25-10-12-28-13-11-25)22(27)9-6-17-15-24-26(16-17)19-4-2-1-3-5-19/h1-9,14-16H,10-13H2/b9-6+. The third-order valence-corrected chi connectivity index (χ3v) is 4.63. The van der Waals surface area contributed by atoms with Crippen molar-refractivity contribution in [1.29, 1.82) is 0 Å². The lowest BCUT2D eigenvalue weighted by molar-refractivity contribution is 0.104. The van der Waals surface area contributed by atoms with Gasteiger partial charge in [-0.1, -0.05) is 18.2 Å². The zero-order valence-electron chi connectivity index (χ0n) is 15.3. The van der Waals surface area contributed by atoms with Crippen LogP contribution >= 0.6 is 0 Å². The van der Waals surface area contributed by atoms with Gasteiger partial charge in [0.1, 0.15) is 5.82 Å². The molecule has 1 fully saturated rings. The summed E-state index contributed by atoms with van der Waals surface area (Å²) in [7, 11) is 0. The van der Waals surface area contributed by atoms with Crippen LogP contribution in [0.3, 0.4) is 0 Å². The number of carbonyl (C=O) groups excluding carboxylic acids is 1. The first kappa shape index (κ1) is 18.1. The van der Waals surface area contributed by atoms with E-state index in [9.17, 15) is 9.18 Å². The number of para-hydroxylation sites is 1. The van der Waals surface area contributed by atoms with Crippen molar-refractivity contribution in [2.75, 3.05) is 31.2 Å². The smallest absolute Gasteiger partial charge is 0.185 e. The van der Waals surface area contributed by atoms with E-state index in [-0.39, 0.29) is 5.78 Å². The van der Waals surface area contributed by atoms with Gasteiger partial charge in [0.05, 0.1) is 30.8 Å². The average Bonchev–Trinajstić information content (AvgIpc) is 3.22. The number of nitrogens with zero attached hydrogens (tertiary/aromatic N) is 3. The van der Waals surface area contributed by atoms with Crippen molar-refractivity contribution in [2.24, 2.45) is 0 Å². The molecular formula is C22H20FN3O2. The zero-order chi connectivity index (χ0) is 19.3. The van der Waals surface area contributed by atoms with Crippen LogP contribution in [0.2, 0.25) is 0 Å². The van der Waals surface area contributed by atoms with E-state index in [1.54, 1.807) is 29.1 Å². The van der Waals surface area contributed by atoms with Crippen LogP contribution in [-0.4, -0.2) is 41.9 Å². The molecule has 0 spiro atoms. The number of halogens is 1.